The van der Waals surface area contributed by atoms with Crippen molar-refractivity contribution in [3.8, 4) is 0 Å². The van der Waals surface area contributed by atoms with Gasteiger partial charge in [0.05, 0.1) is 23.7 Å². The van der Waals surface area contributed by atoms with E-state index in [1.54, 1.807) is 0 Å². The standard InChI is InChI=1S/C11H13NO6S/c1-8(7-11(13)18-2)19(16,17)10-6-4-3-5-9(10)12(14)15/h3-6,8H,7H2,1-2H3. The molecule has 0 saturated carbocycles. The average Bonchev–Trinajstić information content (AvgIpc) is 2.38. The largest absolute Gasteiger partial charge is 0.469 e. The SMILES string of the molecule is COC(=O)CC(C)S(=O)(=O)c1ccccc1[N+](=O)[O-]. The highest BCUT2D eigenvalue weighted by Crippen LogP contribution is 2.27. The van der Waals surface area contributed by atoms with Crippen LogP contribution in [0, 0.1) is 10.1 Å². The van der Waals surface area contributed by atoms with E-state index in [1.807, 2.05) is 0 Å². The number of para-hydroxylation sites is 1. The normalized spacial score (nSPS) is 12.7. The fourth-order valence-corrected chi connectivity index (χ4v) is 2.98. The lowest BCUT2D eigenvalue weighted by Crippen LogP contribution is -2.23. The van der Waals surface area contributed by atoms with E-state index in [0.29, 0.717) is 0 Å². The first-order valence-corrected chi connectivity index (χ1v) is 6.89. The van der Waals surface area contributed by atoms with Crippen molar-refractivity contribution in [2.75, 3.05) is 7.11 Å². The summed E-state index contributed by atoms with van der Waals surface area (Å²) in [6.07, 6.45) is -0.356. The van der Waals surface area contributed by atoms with Gasteiger partial charge in [-0.25, -0.2) is 8.42 Å². The lowest BCUT2D eigenvalue weighted by molar-refractivity contribution is -0.387. The van der Waals surface area contributed by atoms with E-state index in [-0.39, 0.29) is 6.42 Å². The zero-order valence-electron chi connectivity index (χ0n) is 10.4. The van der Waals surface area contributed by atoms with Gasteiger partial charge in [0.15, 0.2) is 9.84 Å². The molecule has 0 bridgehead atoms. The number of nitro benzene ring substituents is 1. The number of ether oxygens (including phenoxy) is 1. The minimum absolute atomic E-state index is 0.356. The predicted octanol–water partition coefficient (Wildman–Crippen LogP) is 1.32. The molecule has 104 valence electrons. The monoisotopic (exact) mass is 287 g/mol. The number of esters is 1. The summed E-state index contributed by atoms with van der Waals surface area (Å²) in [4.78, 5) is 20.8. The van der Waals surface area contributed by atoms with Crippen LogP contribution in [0.4, 0.5) is 5.69 Å². The van der Waals surface area contributed by atoms with Gasteiger partial charge < -0.3 is 4.74 Å². The van der Waals surface area contributed by atoms with Crippen LogP contribution >= 0.6 is 0 Å². The van der Waals surface area contributed by atoms with Gasteiger partial charge in [0, 0.05) is 6.07 Å². The molecule has 1 aromatic rings. The summed E-state index contributed by atoms with van der Waals surface area (Å²) in [5, 5.41) is 9.72. The van der Waals surface area contributed by atoms with Gasteiger partial charge in [0.2, 0.25) is 0 Å². The van der Waals surface area contributed by atoms with Crippen LogP contribution in [0.25, 0.3) is 0 Å². The van der Waals surface area contributed by atoms with Crippen molar-refractivity contribution < 1.29 is 22.9 Å². The van der Waals surface area contributed by atoms with Gasteiger partial charge in [-0.2, -0.15) is 0 Å². The molecule has 0 aliphatic carbocycles. The molecule has 0 aliphatic heterocycles. The first kappa shape index (κ1) is 15.1. The van der Waals surface area contributed by atoms with E-state index in [9.17, 15) is 23.3 Å². The van der Waals surface area contributed by atoms with Crippen molar-refractivity contribution in [3.63, 3.8) is 0 Å². The van der Waals surface area contributed by atoms with Gasteiger partial charge >= 0.3 is 5.97 Å². The van der Waals surface area contributed by atoms with Crippen molar-refractivity contribution in [1.29, 1.82) is 0 Å². The lowest BCUT2D eigenvalue weighted by Gasteiger charge is -2.11. The first-order valence-electron chi connectivity index (χ1n) is 5.34. The number of benzene rings is 1. The Balaban J connectivity index is 3.21. The van der Waals surface area contributed by atoms with Crippen molar-refractivity contribution in [3.05, 3.63) is 34.4 Å². The summed E-state index contributed by atoms with van der Waals surface area (Å²) in [6.45, 7) is 1.31. The maximum absolute atomic E-state index is 12.2. The summed E-state index contributed by atoms with van der Waals surface area (Å²) in [7, 11) is -2.82. The summed E-state index contributed by atoms with van der Waals surface area (Å²) in [6, 6.07) is 5.03. The molecule has 1 unspecified atom stereocenters. The number of nitro groups is 1. The minimum atomic E-state index is -3.96. The number of carbonyl (C=O) groups is 1. The third-order valence-corrected chi connectivity index (χ3v) is 4.76. The Morgan fingerprint density at radius 1 is 1.42 bits per heavy atom. The second kappa shape index (κ2) is 5.79. The van der Waals surface area contributed by atoms with E-state index in [2.05, 4.69) is 4.74 Å². The maximum Gasteiger partial charge on any atom is 0.306 e. The molecule has 0 heterocycles. The van der Waals surface area contributed by atoms with Crippen molar-refractivity contribution in [2.24, 2.45) is 0 Å². The molecule has 0 fully saturated rings. The van der Waals surface area contributed by atoms with Crippen LogP contribution in [-0.4, -0.2) is 31.7 Å². The number of hydrogen-bond acceptors (Lipinski definition) is 6. The van der Waals surface area contributed by atoms with Crippen LogP contribution in [0.3, 0.4) is 0 Å². The molecule has 19 heavy (non-hydrogen) atoms. The Labute approximate surface area is 110 Å². The Hall–Kier alpha value is -1.96. The molecule has 0 saturated heterocycles. The van der Waals surface area contributed by atoms with Crippen LogP contribution in [0.5, 0.6) is 0 Å². The van der Waals surface area contributed by atoms with Gasteiger partial charge in [-0.3, -0.25) is 14.9 Å². The molecule has 0 amide bonds. The molecule has 7 nitrogen and oxygen atoms in total. The molecule has 1 rings (SSSR count). The number of rotatable bonds is 5. The number of sulfone groups is 1. The molecular formula is C11H13NO6S. The summed E-state index contributed by atoms with van der Waals surface area (Å²) in [5.74, 6) is -0.686. The van der Waals surface area contributed by atoms with Gasteiger partial charge in [-0.05, 0) is 13.0 Å². The first-order chi connectivity index (χ1) is 8.80. The molecular weight excluding hydrogens is 274 g/mol. The van der Waals surface area contributed by atoms with Gasteiger partial charge in [-0.1, -0.05) is 12.1 Å². The molecule has 0 spiro atoms. The van der Waals surface area contributed by atoms with Crippen molar-refractivity contribution >= 4 is 21.5 Å². The topological polar surface area (TPSA) is 104 Å². The predicted molar refractivity (Wildman–Crippen MR) is 66.4 cm³/mol. The number of methoxy groups -OCH3 is 1. The van der Waals surface area contributed by atoms with E-state index in [0.717, 1.165) is 19.2 Å². The molecule has 1 aromatic carbocycles. The molecule has 0 aromatic heterocycles. The summed E-state index contributed by atoms with van der Waals surface area (Å²) in [5.41, 5.74) is -0.501. The van der Waals surface area contributed by atoms with E-state index >= 15 is 0 Å². The second-order valence-corrected chi connectivity index (χ2v) is 6.20. The Morgan fingerprint density at radius 3 is 2.53 bits per heavy atom. The van der Waals surface area contributed by atoms with E-state index in [4.69, 9.17) is 0 Å². The molecule has 8 heteroatoms. The van der Waals surface area contributed by atoms with Crippen LogP contribution in [0.2, 0.25) is 0 Å². The van der Waals surface area contributed by atoms with Crippen molar-refractivity contribution in [2.45, 2.75) is 23.5 Å². The van der Waals surface area contributed by atoms with Crippen LogP contribution < -0.4 is 0 Å². The van der Waals surface area contributed by atoms with E-state index in [1.165, 1.54) is 19.1 Å². The second-order valence-electron chi connectivity index (χ2n) is 3.86. The van der Waals surface area contributed by atoms with Crippen LogP contribution in [0.1, 0.15) is 13.3 Å². The highest BCUT2D eigenvalue weighted by molar-refractivity contribution is 7.92. The van der Waals surface area contributed by atoms with Crippen molar-refractivity contribution in [1.82, 2.24) is 0 Å². The third kappa shape index (κ3) is 3.28. The summed E-state index contributed by atoms with van der Waals surface area (Å²) < 4.78 is 28.8. The molecule has 0 N–H and O–H groups in total. The zero-order valence-corrected chi connectivity index (χ0v) is 11.2. The number of carbonyl (C=O) groups excluding carboxylic acids is 1. The Bertz CT molecular complexity index is 595. The van der Waals surface area contributed by atoms with Crippen LogP contribution in [-0.2, 0) is 19.4 Å². The zero-order chi connectivity index (χ0) is 14.6. The third-order valence-electron chi connectivity index (χ3n) is 2.58. The fourth-order valence-electron chi connectivity index (χ4n) is 1.49. The molecule has 0 aliphatic rings. The average molecular weight is 287 g/mol. The Morgan fingerprint density at radius 2 is 2.00 bits per heavy atom. The number of hydrogen-bond donors (Lipinski definition) is 0. The molecule has 0 radical (unpaired) electrons. The van der Waals surface area contributed by atoms with Crippen LogP contribution in [0.15, 0.2) is 29.2 Å². The van der Waals surface area contributed by atoms with Gasteiger partial charge in [0.1, 0.15) is 4.90 Å². The van der Waals surface area contributed by atoms with E-state index < -0.39 is 36.6 Å². The smallest absolute Gasteiger partial charge is 0.306 e. The lowest BCUT2D eigenvalue weighted by atomic mass is 10.3. The fraction of sp³-hybridized carbons (Fsp3) is 0.364. The molecule has 1 atom stereocenters. The highest BCUT2D eigenvalue weighted by Gasteiger charge is 2.31. The maximum atomic E-state index is 12.2. The number of nitrogens with zero attached hydrogens (tertiary/aromatic N) is 1. The minimum Gasteiger partial charge on any atom is -0.469 e. The highest BCUT2D eigenvalue weighted by atomic mass is 32.2. The van der Waals surface area contributed by atoms with Gasteiger partial charge in [-0.15, -0.1) is 0 Å². The summed E-state index contributed by atoms with van der Waals surface area (Å²) >= 11 is 0. The quantitative estimate of drug-likeness (QED) is 0.459. The van der Waals surface area contributed by atoms with Gasteiger partial charge in [0.25, 0.3) is 5.69 Å². The Kier molecular flexibility index (Phi) is 4.60.